The number of amides is 3. The van der Waals surface area contributed by atoms with Gasteiger partial charge in [0.2, 0.25) is 0 Å². The Morgan fingerprint density at radius 2 is 1.93 bits per heavy atom. The molecule has 1 N–H and O–H groups in total. The summed E-state index contributed by atoms with van der Waals surface area (Å²) in [6, 6.07) is 6.40. The molecule has 1 heterocycles. The van der Waals surface area contributed by atoms with E-state index < -0.39 is 17.5 Å². The first kappa shape index (κ1) is 19.7. The fourth-order valence-corrected chi connectivity index (χ4v) is 4.69. The van der Waals surface area contributed by atoms with Gasteiger partial charge in [0.05, 0.1) is 0 Å². The van der Waals surface area contributed by atoms with Crippen molar-refractivity contribution in [3.05, 3.63) is 34.9 Å². The third-order valence-corrected chi connectivity index (χ3v) is 5.48. The zero-order chi connectivity index (χ0) is 19.8. The number of imide groups is 1. The van der Waals surface area contributed by atoms with Gasteiger partial charge < -0.3 is 10.1 Å². The van der Waals surface area contributed by atoms with Gasteiger partial charge in [-0.25, -0.2) is 4.79 Å². The van der Waals surface area contributed by atoms with Gasteiger partial charge >= 0.3 is 12.0 Å². The summed E-state index contributed by atoms with van der Waals surface area (Å²) in [5, 5.41) is 3.45. The minimum atomic E-state index is -0.908. The highest BCUT2D eigenvalue weighted by molar-refractivity contribution is 6.30. The molecule has 2 unspecified atom stereocenters. The van der Waals surface area contributed by atoms with Crippen LogP contribution >= 0.6 is 11.6 Å². The average molecular weight is 393 g/mol. The molecule has 27 heavy (non-hydrogen) atoms. The minimum Gasteiger partial charge on any atom is -0.459 e. The lowest BCUT2D eigenvalue weighted by Gasteiger charge is -2.43. The third kappa shape index (κ3) is 4.26. The lowest BCUT2D eigenvalue weighted by molar-refractivity contribution is -0.149. The number of halogens is 1. The lowest BCUT2D eigenvalue weighted by atomic mass is 9.64. The summed E-state index contributed by atoms with van der Waals surface area (Å²) in [7, 11) is 0. The van der Waals surface area contributed by atoms with Gasteiger partial charge in [0.25, 0.3) is 5.91 Å². The van der Waals surface area contributed by atoms with Gasteiger partial charge in [-0.15, -0.1) is 0 Å². The molecule has 1 aromatic carbocycles. The van der Waals surface area contributed by atoms with E-state index in [0.29, 0.717) is 23.8 Å². The summed E-state index contributed by atoms with van der Waals surface area (Å²) in [6.45, 7) is 5.98. The minimum absolute atomic E-state index is 0.0499. The summed E-state index contributed by atoms with van der Waals surface area (Å²) >= 11 is 5.82. The van der Waals surface area contributed by atoms with Crippen LogP contribution in [0.15, 0.2) is 24.3 Å². The molecule has 0 bridgehead atoms. The molecular formula is C20H25ClN2O4. The molecule has 2 aliphatic rings. The molecule has 146 valence electrons. The molecule has 6 nitrogen and oxygen atoms in total. The van der Waals surface area contributed by atoms with Gasteiger partial charge in [0, 0.05) is 5.02 Å². The van der Waals surface area contributed by atoms with Gasteiger partial charge in [0.15, 0.2) is 0 Å². The number of nitrogens with one attached hydrogen (secondary N) is 1. The number of carbonyl (C=O) groups excluding carboxylic acids is 3. The number of carbonyl (C=O) groups is 3. The zero-order valence-electron chi connectivity index (χ0n) is 15.9. The monoisotopic (exact) mass is 392 g/mol. The number of urea groups is 1. The second kappa shape index (κ2) is 7.15. The maximum Gasteiger partial charge on any atom is 0.326 e. The van der Waals surface area contributed by atoms with E-state index in [0.717, 1.165) is 16.9 Å². The van der Waals surface area contributed by atoms with E-state index in [9.17, 15) is 14.4 Å². The van der Waals surface area contributed by atoms with E-state index in [1.54, 1.807) is 24.3 Å². The summed E-state index contributed by atoms with van der Waals surface area (Å²) in [6.07, 6.45) is 2.17. The van der Waals surface area contributed by atoms with Crippen LogP contribution in [-0.2, 0) is 20.9 Å². The van der Waals surface area contributed by atoms with E-state index in [1.165, 1.54) is 0 Å². The molecule has 1 saturated carbocycles. The maximum absolute atomic E-state index is 13.0. The van der Waals surface area contributed by atoms with Gasteiger partial charge in [-0.1, -0.05) is 44.5 Å². The zero-order valence-corrected chi connectivity index (χ0v) is 16.6. The molecule has 1 spiro atoms. The van der Waals surface area contributed by atoms with Crippen LogP contribution in [0.4, 0.5) is 4.79 Å². The van der Waals surface area contributed by atoms with Gasteiger partial charge in [-0.3, -0.25) is 14.5 Å². The van der Waals surface area contributed by atoms with Crippen molar-refractivity contribution in [2.24, 2.45) is 11.3 Å². The summed E-state index contributed by atoms with van der Waals surface area (Å²) in [5.74, 6) is -0.626. The van der Waals surface area contributed by atoms with Crippen molar-refractivity contribution in [1.82, 2.24) is 10.2 Å². The summed E-state index contributed by atoms with van der Waals surface area (Å²) in [5.41, 5.74) is -0.176. The number of hydrogen-bond acceptors (Lipinski definition) is 4. The predicted molar refractivity (Wildman–Crippen MR) is 101 cm³/mol. The number of ether oxygens (including phenoxy) is 1. The molecule has 1 aliphatic heterocycles. The fraction of sp³-hybridized carbons (Fsp3) is 0.550. The molecule has 1 aromatic rings. The van der Waals surface area contributed by atoms with Crippen molar-refractivity contribution in [3.8, 4) is 0 Å². The smallest absolute Gasteiger partial charge is 0.326 e. The van der Waals surface area contributed by atoms with Crippen LogP contribution in [0.2, 0.25) is 5.02 Å². The highest BCUT2D eigenvalue weighted by Crippen LogP contribution is 2.46. The van der Waals surface area contributed by atoms with Crippen molar-refractivity contribution in [1.29, 1.82) is 0 Å². The average Bonchev–Trinajstić information content (AvgIpc) is 2.76. The predicted octanol–water partition coefficient (Wildman–Crippen LogP) is 3.52. The Labute approximate surface area is 164 Å². The van der Waals surface area contributed by atoms with Crippen molar-refractivity contribution in [2.45, 2.75) is 52.2 Å². The highest BCUT2D eigenvalue weighted by atomic mass is 35.5. The van der Waals surface area contributed by atoms with E-state index in [-0.39, 0.29) is 24.5 Å². The molecule has 0 aromatic heterocycles. The first-order valence-electron chi connectivity index (χ1n) is 9.14. The molecule has 2 atom stereocenters. The largest absolute Gasteiger partial charge is 0.459 e. The summed E-state index contributed by atoms with van der Waals surface area (Å²) in [4.78, 5) is 38.5. The molecule has 1 aliphatic carbocycles. The summed E-state index contributed by atoms with van der Waals surface area (Å²) < 4.78 is 5.21. The van der Waals surface area contributed by atoms with Crippen LogP contribution < -0.4 is 5.32 Å². The van der Waals surface area contributed by atoms with Gasteiger partial charge in [-0.2, -0.15) is 0 Å². The Hall–Kier alpha value is -2.08. The third-order valence-electron chi connectivity index (χ3n) is 5.22. The Kier molecular flexibility index (Phi) is 5.21. The van der Waals surface area contributed by atoms with Crippen molar-refractivity contribution >= 4 is 29.5 Å². The normalized spacial score (nSPS) is 27.0. The molecule has 3 rings (SSSR count). The van der Waals surface area contributed by atoms with Crippen LogP contribution in [-0.4, -0.2) is 34.9 Å². The molecule has 0 radical (unpaired) electrons. The number of esters is 1. The molecule has 3 amide bonds. The van der Waals surface area contributed by atoms with Crippen LogP contribution in [0.3, 0.4) is 0 Å². The lowest BCUT2D eigenvalue weighted by Crippen LogP contribution is -2.54. The number of benzene rings is 1. The van der Waals surface area contributed by atoms with Crippen molar-refractivity contribution in [3.63, 3.8) is 0 Å². The first-order chi connectivity index (χ1) is 12.6. The van der Waals surface area contributed by atoms with Crippen LogP contribution in [0.5, 0.6) is 0 Å². The molecule has 2 fully saturated rings. The topological polar surface area (TPSA) is 75.7 Å². The number of nitrogens with zero attached hydrogens (tertiary/aromatic N) is 1. The molecule has 7 heteroatoms. The Balaban J connectivity index is 1.63. The van der Waals surface area contributed by atoms with E-state index in [2.05, 4.69) is 26.1 Å². The second-order valence-electron chi connectivity index (χ2n) is 8.55. The first-order valence-corrected chi connectivity index (χ1v) is 9.52. The standard InChI is InChI=1S/C20H25ClN2O4/c1-13-8-19(2,3)12-20(9-13)17(25)23(18(26)22-20)10-16(24)27-11-14-4-6-15(21)7-5-14/h4-7,13H,8-12H2,1-3H3,(H,22,26). The van der Waals surface area contributed by atoms with Crippen molar-refractivity contribution in [2.75, 3.05) is 6.54 Å². The number of hydrogen-bond donors (Lipinski definition) is 1. The maximum atomic E-state index is 13.0. The Morgan fingerprint density at radius 1 is 1.26 bits per heavy atom. The quantitative estimate of drug-likeness (QED) is 0.628. The van der Waals surface area contributed by atoms with Crippen LogP contribution in [0.1, 0.15) is 45.6 Å². The van der Waals surface area contributed by atoms with Gasteiger partial charge in [0.1, 0.15) is 18.7 Å². The SMILES string of the molecule is CC1CC(C)(C)CC2(C1)NC(=O)N(CC(=O)OCc1ccc(Cl)cc1)C2=O. The van der Waals surface area contributed by atoms with Crippen LogP contribution in [0.25, 0.3) is 0 Å². The highest BCUT2D eigenvalue weighted by Gasteiger charge is 2.56. The molecular weight excluding hydrogens is 368 g/mol. The molecule has 1 saturated heterocycles. The van der Waals surface area contributed by atoms with Crippen LogP contribution in [0, 0.1) is 11.3 Å². The van der Waals surface area contributed by atoms with Gasteiger partial charge in [-0.05, 0) is 48.3 Å². The van der Waals surface area contributed by atoms with E-state index in [4.69, 9.17) is 16.3 Å². The van der Waals surface area contributed by atoms with E-state index >= 15 is 0 Å². The number of rotatable bonds is 4. The Morgan fingerprint density at radius 3 is 2.56 bits per heavy atom. The Bertz CT molecular complexity index is 762. The van der Waals surface area contributed by atoms with Crippen molar-refractivity contribution < 1.29 is 19.1 Å². The second-order valence-corrected chi connectivity index (χ2v) is 8.98. The van der Waals surface area contributed by atoms with E-state index in [1.807, 2.05) is 0 Å². The fourth-order valence-electron chi connectivity index (χ4n) is 4.57.